The van der Waals surface area contributed by atoms with Crippen molar-refractivity contribution in [3.63, 3.8) is 0 Å². The van der Waals surface area contributed by atoms with Crippen LogP contribution in [0.2, 0.25) is 0 Å². The maximum atomic E-state index is 13.0. The van der Waals surface area contributed by atoms with E-state index in [1.165, 1.54) is 45.6 Å². The van der Waals surface area contributed by atoms with Gasteiger partial charge in [-0.2, -0.15) is 0 Å². The van der Waals surface area contributed by atoms with Crippen LogP contribution < -0.4 is 18.9 Å². The van der Waals surface area contributed by atoms with E-state index < -0.39 is 11.6 Å². The first kappa shape index (κ1) is 16.5. The summed E-state index contributed by atoms with van der Waals surface area (Å²) in [6, 6.07) is 5.72. The van der Waals surface area contributed by atoms with E-state index in [0.717, 1.165) is 0 Å². The lowest BCUT2D eigenvalue weighted by atomic mass is 9.82. The van der Waals surface area contributed by atoms with Crippen molar-refractivity contribution in [1.29, 1.82) is 0 Å². The van der Waals surface area contributed by atoms with Gasteiger partial charge in [0.25, 0.3) is 6.47 Å². The molecule has 1 aliphatic carbocycles. The highest BCUT2D eigenvalue weighted by Gasteiger charge is 2.36. The molecule has 0 aromatic heterocycles. The van der Waals surface area contributed by atoms with Crippen molar-refractivity contribution >= 4 is 18.0 Å². The van der Waals surface area contributed by atoms with E-state index in [-0.39, 0.29) is 46.0 Å². The lowest BCUT2D eigenvalue weighted by Crippen LogP contribution is -2.23. The number of carbonyl (C=O) groups is 3. The molecule has 2 aromatic rings. The zero-order chi connectivity index (χ0) is 18.1. The van der Waals surface area contributed by atoms with Gasteiger partial charge in [-0.25, -0.2) is 0 Å². The molecule has 25 heavy (non-hydrogen) atoms. The largest absolute Gasteiger partial charge is 0.497 e. The van der Waals surface area contributed by atoms with E-state index in [9.17, 15) is 14.4 Å². The Morgan fingerprint density at radius 1 is 0.720 bits per heavy atom. The van der Waals surface area contributed by atoms with Crippen molar-refractivity contribution in [1.82, 2.24) is 0 Å². The van der Waals surface area contributed by atoms with Crippen LogP contribution in [0.1, 0.15) is 31.8 Å². The van der Waals surface area contributed by atoms with E-state index in [0.29, 0.717) is 5.75 Å². The molecular formula is C18H14O7. The molecule has 0 amide bonds. The number of carbonyl (C=O) groups excluding carboxylic acids is 3. The van der Waals surface area contributed by atoms with Gasteiger partial charge >= 0.3 is 0 Å². The van der Waals surface area contributed by atoms with Crippen LogP contribution in [0.4, 0.5) is 0 Å². The van der Waals surface area contributed by atoms with Gasteiger partial charge in [-0.3, -0.25) is 14.4 Å². The van der Waals surface area contributed by atoms with Crippen LogP contribution in [0.25, 0.3) is 0 Å². The van der Waals surface area contributed by atoms with Crippen molar-refractivity contribution in [3.05, 3.63) is 46.5 Å². The molecule has 7 nitrogen and oxygen atoms in total. The fourth-order valence-electron chi connectivity index (χ4n) is 2.84. The SMILES string of the molecule is COc1cc(OC)c2c(c1)C(=O)c1cc(OC=O)cc(OC)c1C2=O. The van der Waals surface area contributed by atoms with Crippen LogP contribution in [0.5, 0.6) is 23.0 Å². The number of benzene rings is 2. The van der Waals surface area contributed by atoms with Gasteiger partial charge in [-0.05, 0) is 12.1 Å². The third-order valence-electron chi connectivity index (χ3n) is 3.95. The van der Waals surface area contributed by atoms with Gasteiger partial charge in [-0.15, -0.1) is 0 Å². The summed E-state index contributed by atoms with van der Waals surface area (Å²) < 4.78 is 20.4. The fourth-order valence-corrected chi connectivity index (χ4v) is 2.84. The first-order valence-corrected chi connectivity index (χ1v) is 7.23. The zero-order valence-corrected chi connectivity index (χ0v) is 13.7. The van der Waals surface area contributed by atoms with Gasteiger partial charge in [0.1, 0.15) is 23.0 Å². The highest BCUT2D eigenvalue weighted by atomic mass is 16.5. The molecule has 0 fully saturated rings. The van der Waals surface area contributed by atoms with Crippen molar-refractivity contribution < 1.29 is 33.3 Å². The maximum Gasteiger partial charge on any atom is 0.298 e. The predicted octanol–water partition coefficient (Wildman–Crippen LogP) is 2.02. The summed E-state index contributed by atoms with van der Waals surface area (Å²) in [5, 5.41) is 0. The highest BCUT2D eigenvalue weighted by Crippen LogP contribution is 2.41. The Bertz CT molecular complexity index is 899. The lowest BCUT2D eigenvalue weighted by Gasteiger charge is -2.22. The average Bonchev–Trinajstić information content (AvgIpc) is 2.64. The molecule has 0 heterocycles. The molecule has 0 unspecified atom stereocenters. The Labute approximate surface area is 143 Å². The Balaban J connectivity index is 2.31. The first-order valence-electron chi connectivity index (χ1n) is 7.23. The number of hydrogen-bond donors (Lipinski definition) is 0. The molecule has 7 heteroatoms. The predicted molar refractivity (Wildman–Crippen MR) is 86.1 cm³/mol. The van der Waals surface area contributed by atoms with Crippen molar-refractivity contribution in [2.24, 2.45) is 0 Å². The van der Waals surface area contributed by atoms with E-state index >= 15 is 0 Å². The van der Waals surface area contributed by atoms with E-state index in [1.54, 1.807) is 0 Å². The Kier molecular flexibility index (Phi) is 4.14. The third kappa shape index (κ3) is 2.50. The molecule has 0 bridgehead atoms. The van der Waals surface area contributed by atoms with E-state index in [2.05, 4.69) is 0 Å². The van der Waals surface area contributed by atoms with Gasteiger partial charge < -0.3 is 18.9 Å². The van der Waals surface area contributed by atoms with Crippen LogP contribution in [-0.2, 0) is 4.79 Å². The first-order chi connectivity index (χ1) is 12.0. The van der Waals surface area contributed by atoms with Gasteiger partial charge in [0, 0.05) is 23.3 Å². The molecule has 0 saturated heterocycles. The summed E-state index contributed by atoms with van der Waals surface area (Å²) in [6.45, 7) is 0.232. The molecule has 3 rings (SSSR count). The lowest BCUT2D eigenvalue weighted by molar-refractivity contribution is -0.120. The summed E-state index contributed by atoms with van der Waals surface area (Å²) in [5.41, 5.74) is 0.480. The Morgan fingerprint density at radius 2 is 1.24 bits per heavy atom. The monoisotopic (exact) mass is 342 g/mol. The molecule has 2 aromatic carbocycles. The summed E-state index contributed by atoms with van der Waals surface area (Å²) in [5.74, 6) is 0.0115. The fraction of sp³-hybridized carbons (Fsp3) is 0.167. The van der Waals surface area contributed by atoms with E-state index in [1.807, 2.05) is 0 Å². The van der Waals surface area contributed by atoms with E-state index in [4.69, 9.17) is 18.9 Å². The number of ketones is 2. The topological polar surface area (TPSA) is 88.1 Å². The normalized spacial score (nSPS) is 12.1. The third-order valence-corrected chi connectivity index (χ3v) is 3.95. The second kappa shape index (κ2) is 6.27. The molecular weight excluding hydrogens is 328 g/mol. The number of rotatable bonds is 5. The van der Waals surface area contributed by atoms with Crippen LogP contribution in [0.15, 0.2) is 24.3 Å². The smallest absolute Gasteiger partial charge is 0.298 e. The van der Waals surface area contributed by atoms with Crippen LogP contribution >= 0.6 is 0 Å². The minimum Gasteiger partial charge on any atom is -0.497 e. The molecule has 0 aliphatic heterocycles. The minimum atomic E-state index is -0.420. The summed E-state index contributed by atoms with van der Waals surface area (Å²) in [6.07, 6.45) is 0. The van der Waals surface area contributed by atoms with Crippen molar-refractivity contribution in [2.75, 3.05) is 21.3 Å². The van der Waals surface area contributed by atoms with Crippen molar-refractivity contribution in [3.8, 4) is 23.0 Å². The maximum absolute atomic E-state index is 13.0. The van der Waals surface area contributed by atoms with Gasteiger partial charge in [0.2, 0.25) is 5.78 Å². The summed E-state index contributed by atoms with van der Waals surface area (Å²) in [7, 11) is 4.21. The quantitative estimate of drug-likeness (QED) is 0.655. The molecule has 0 N–H and O–H groups in total. The molecule has 0 saturated carbocycles. The Hall–Kier alpha value is -3.35. The van der Waals surface area contributed by atoms with Gasteiger partial charge in [-0.1, -0.05) is 0 Å². The number of ether oxygens (including phenoxy) is 4. The minimum absolute atomic E-state index is 0.0870. The second-order valence-corrected chi connectivity index (χ2v) is 5.17. The number of methoxy groups -OCH3 is 3. The van der Waals surface area contributed by atoms with Crippen LogP contribution in [-0.4, -0.2) is 39.4 Å². The summed E-state index contributed by atoms with van der Waals surface area (Å²) in [4.78, 5) is 36.6. The standard InChI is InChI=1S/C18H14O7/c1-22-9-4-11-15(13(6-9)23-2)18(21)16-12(17(11)20)5-10(25-8-19)7-14(16)24-3/h4-8H,1-3H3. The zero-order valence-electron chi connectivity index (χ0n) is 13.7. The van der Waals surface area contributed by atoms with Gasteiger partial charge in [0.15, 0.2) is 5.78 Å². The molecule has 0 atom stereocenters. The van der Waals surface area contributed by atoms with Crippen molar-refractivity contribution in [2.45, 2.75) is 0 Å². The van der Waals surface area contributed by atoms with Crippen LogP contribution in [0, 0.1) is 0 Å². The molecule has 0 radical (unpaired) electrons. The summed E-state index contributed by atoms with van der Waals surface area (Å²) >= 11 is 0. The molecule has 0 spiro atoms. The molecule has 128 valence electrons. The van der Waals surface area contributed by atoms with Gasteiger partial charge in [0.05, 0.1) is 32.5 Å². The van der Waals surface area contributed by atoms with Crippen LogP contribution in [0.3, 0.4) is 0 Å². The highest BCUT2D eigenvalue weighted by molar-refractivity contribution is 6.30. The number of hydrogen-bond acceptors (Lipinski definition) is 7. The average molecular weight is 342 g/mol. The number of fused-ring (bicyclic) bond motifs is 2. The Morgan fingerprint density at radius 3 is 1.72 bits per heavy atom. The molecule has 1 aliphatic rings. The second-order valence-electron chi connectivity index (χ2n) is 5.17.